The zero-order valence-corrected chi connectivity index (χ0v) is 18.6. The summed E-state index contributed by atoms with van der Waals surface area (Å²) in [6.07, 6.45) is -1.50. The van der Waals surface area contributed by atoms with Crippen molar-refractivity contribution in [2.45, 2.75) is 44.4 Å². The van der Waals surface area contributed by atoms with Gasteiger partial charge in [-0.1, -0.05) is 0 Å². The highest BCUT2D eigenvalue weighted by Gasteiger charge is 2.36. The predicted molar refractivity (Wildman–Crippen MR) is 118 cm³/mol. The average molecular weight is 472 g/mol. The van der Waals surface area contributed by atoms with Crippen LogP contribution in [-0.2, 0) is 6.18 Å². The van der Waals surface area contributed by atoms with Crippen LogP contribution in [0.1, 0.15) is 64.2 Å². The molecule has 2 N–H and O–H groups in total. The molecule has 10 heteroatoms. The highest BCUT2D eigenvalue weighted by Crippen LogP contribution is 2.36. The van der Waals surface area contributed by atoms with E-state index < -0.39 is 23.7 Å². The summed E-state index contributed by atoms with van der Waals surface area (Å²) in [5.41, 5.74) is 5.98. The smallest absolute Gasteiger partial charge is 0.417 e. The first-order chi connectivity index (χ1) is 16.1. The standard InChI is InChI=1S/C24H23F3N4O3/c1-13-4-3-5-20(19-9-7-16(12-29-19)24(25,26)27)31(13)23(33)14-6-8-18-15(10-14)11-17(21(28)32)22(30-18)34-2/h6-13,20H,3-5H2,1-2H3,(H2,28,32). The van der Waals surface area contributed by atoms with Gasteiger partial charge in [0, 0.05) is 23.2 Å². The Morgan fingerprint density at radius 1 is 1.15 bits per heavy atom. The van der Waals surface area contributed by atoms with Crippen molar-refractivity contribution in [3.05, 3.63) is 65.0 Å². The Hall–Kier alpha value is -3.69. The molecule has 0 aliphatic carbocycles. The topological polar surface area (TPSA) is 98.4 Å². The fraction of sp³-hybridized carbons (Fsp3) is 0.333. The van der Waals surface area contributed by atoms with Crippen LogP contribution in [0.3, 0.4) is 0 Å². The molecule has 3 heterocycles. The number of carbonyl (C=O) groups is 2. The number of ether oxygens (including phenoxy) is 1. The third-order valence-corrected chi connectivity index (χ3v) is 6.09. The van der Waals surface area contributed by atoms with Gasteiger partial charge in [-0.2, -0.15) is 13.2 Å². The molecule has 2 aromatic heterocycles. The number of halogens is 3. The monoisotopic (exact) mass is 472 g/mol. The molecule has 2 unspecified atom stereocenters. The summed E-state index contributed by atoms with van der Waals surface area (Å²) in [6, 6.07) is 8.15. The van der Waals surface area contributed by atoms with Crippen molar-refractivity contribution in [1.82, 2.24) is 14.9 Å². The van der Waals surface area contributed by atoms with E-state index in [4.69, 9.17) is 10.5 Å². The molecule has 178 valence electrons. The number of carbonyl (C=O) groups excluding carboxylic acids is 2. The molecule has 0 saturated carbocycles. The Kier molecular flexibility index (Phi) is 6.16. The number of methoxy groups -OCH3 is 1. The zero-order chi connectivity index (χ0) is 24.6. The molecule has 2 atom stereocenters. The lowest BCUT2D eigenvalue weighted by molar-refractivity contribution is -0.137. The predicted octanol–water partition coefficient (Wildman–Crippen LogP) is 4.51. The number of nitrogens with zero attached hydrogens (tertiary/aromatic N) is 3. The van der Waals surface area contributed by atoms with Gasteiger partial charge in [0.2, 0.25) is 5.88 Å². The van der Waals surface area contributed by atoms with Crippen molar-refractivity contribution in [1.29, 1.82) is 0 Å². The molecule has 34 heavy (non-hydrogen) atoms. The third-order valence-electron chi connectivity index (χ3n) is 6.09. The van der Waals surface area contributed by atoms with Crippen molar-refractivity contribution >= 4 is 22.7 Å². The van der Waals surface area contributed by atoms with E-state index in [1.807, 2.05) is 6.92 Å². The Morgan fingerprint density at radius 2 is 1.91 bits per heavy atom. The summed E-state index contributed by atoms with van der Waals surface area (Å²) in [4.78, 5) is 35.4. The van der Waals surface area contributed by atoms with E-state index in [0.717, 1.165) is 25.1 Å². The van der Waals surface area contributed by atoms with Crippen LogP contribution >= 0.6 is 0 Å². The molecule has 2 amide bonds. The van der Waals surface area contributed by atoms with Crippen LogP contribution in [0.2, 0.25) is 0 Å². The molecule has 0 bridgehead atoms. The lowest BCUT2D eigenvalue weighted by Gasteiger charge is -2.40. The number of pyridine rings is 2. The maximum Gasteiger partial charge on any atom is 0.417 e. The minimum Gasteiger partial charge on any atom is -0.480 e. The van der Waals surface area contributed by atoms with E-state index in [1.165, 1.54) is 19.2 Å². The number of rotatable bonds is 4. The number of amides is 2. The number of primary amides is 1. The molecule has 3 aromatic rings. The Bertz CT molecular complexity index is 1240. The van der Waals surface area contributed by atoms with Crippen LogP contribution in [0, 0.1) is 0 Å². The summed E-state index contributed by atoms with van der Waals surface area (Å²) >= 11 is 0. The Labute approximate surface area is 193 Å². The average Bonchev–Trinajstić information content (AvgIpc) is 2.81. The number of aromatic nitrogens is 2. The largest absolute Gasteiger partial charge is 0.480 e. The van der Waals surface area contributed by atoms with Crippen LogP contribution in [0.4, 0.5) is 13.2 Å². The van der Waals surface area contributed by atoms with E-state index in [0.29, 0.717) is 28.6 Å². The second-order valence-electron chi connectivity index (χ2n) is 8.29. The fourth-order valence-electron chi connectivity index (χ4n) is 4.37. The van der Waals surface area contributed by atoms with E-state index in [2.05, 4.69) is 9.97 Å². The van der Waals surface area contributed by atoms with Crippen LogP contribution in [0.25, 0.3) is 10.9 Å². The van der Waals surface area contributed by atoms with Gasteiger partial charge in [-0.15, -0.1) is 0 Å². The summed E-state index contributed by atoms with van der Waals surface area (Å²) in [7, 11) is 1.38. The lowest BCUT2D eigenvalue weighted by Crippen LogP contribution is -2.44. The number of fused-ring (bicyclic) bond motifs is 1. The summed E-state index contributed by atoms with van der Waals surface area (Å²) in [5, 5.41) is 0.536. The normalized spacial score (nSPS) is 18.7. The maximum atomic E-state index is 13.6. The quantitative estimate of drug-likeness (QED) is 0.602. The van der Waals surface area contributed by atoms with Gasteiger partial charge in [0.05, 0.1) is 29.9 Å². The second kappa shape index (κ2) is 8.92. The van der Waals surface area contributed by atoms with Crippen molar-refractivity contribution in [3.8, 4) is 5.88 Å². The maximum absolute atomic E-state index is 13.6. The highest BCUT2D eigenvalue weighted by atomic mass is 19.4. The van der Waals surface area contributed by atoms with E-state index >= 15 is 0 Å². The summed E-state index contributed by atoms with van der Waals surface area (Å²) in [6.45, 7) is 1.91. The van der Waals surface area contributed by atoms with Crippen LogP contribution < -0.4 is 10.5 Å². The number of nitrogens with two attached hydrogens (primary N) is 1. The zero-order valence-electron chi connectivity index (χ0n) is 18.6. The van der Waals surface area contributed by atoms with Crippen molar-refractivity contribution in [2.75, 3.05) is 7.11 Å². The first-order valence-electron chi connectivity index (χ1n) is 10.7. The van der Waals surface area contributed by atoms with Crippen LogP contribution in [0.15, 0.2) is 42.6 Å². The van der Waals surface area contributed by atoms with Gasteiger partial charge in [-0.3, -0.25) is 14.6 Å². The molecule has 1 aromatic carbocycles. The minimum atomic E-state index is -4.48. The second-order valence-corrected chi connectivity index (χ2v) is 8.29. The summed E-state index contributed by atoms with van der Waals surface area (Å²) < 4.78 is 44.0. The van der Waals surface area contributed by atoms with Crippen LogP contribution in [-0.4, -0.2) is 39.8 Å². The number of likely N-dealkylation sites (tertiary alicyclic amines) is 1. The van der Waals surface area contributed by atoms with E-state index in [9.17, 15) is 22.8 Å². The Balaban J connectivity index is 1.70. The van der Waals surface area contributed by atoms with E-state index in [-0.39, 0.29) is 23.4 Å². The number of hydrogen-bond donors (Lipinski definition) is 1. The molecular weight excluding hydrogens is 449 g/mol. The lowest BCUT2D eigenvalue weighted by atomic mass is 9.92. The van der Waals surface area contributed by atoms with Crippen LogP contribution in [0.5, 0.6) is 5.88 Å². The molecule has 1 aliphatic rings. The van der Waals surface area contributed by atoms with Gasteiger partial charge in [0.25, 0.3) is 11.8 Å². The van der Waals surface area contributed by atoms with Gasteiger partial charge in [0.15, 0.2) is 0 Å². The van der Waals surface area contributed by atoms with Crippen molar-refractivity contribution in [2.24, 2.45) is 5.73 Å². The molecule has 0 spiro atoms. The molecule has 4 rings (SSSR count). The van der Waals surface area contributed by atoms with Gasteiger partial charge in [-0.25, -0.2) is 4.98 Å². The SMILES string of the molecule is COc1nc2ccc(C(=O)N3C(C)CCCC3c3ccc(C(F)(F)F)cn3)cc2cc1C(N)=O. The number of piperidine rings is 1. The molecular formula is C24H23F3N4O3. The first-order valence-corrected chi connectivity index (χ1v) is 10.7. The fourth-order valence-corrected chi connectivity index (χ4v) is 4.37. The minimum absolute atomic E-state index is 0.0946. The number of benzene rings is 1. The molecule has 7 nitrogen and oxygen atoms in total. The van der Waals surface area contributed by atoms with Gasteiger partial charge in [0.1, 0.15) is 5.56 Å². The highest BCUT2D eigenvalue weighted by molar-refractivity contribution is 6.02. The molecule has 0 radical (unpaired) electrons. The molecule has 1 aliphatic heterocycles. The molecule has 1 saturated heterocycles. The number of alkyl halides is 3. The van der Waals surface area contributed by atoms with Gasteiger partial charge < -0.3 is 15.4 Å². The first kappa shape index (κ1) is 23.5. The van der Waals surface area contributed by atoms with Gasteiger partial charge >= 0.3 is 6.18 Å². The third kappa shape index (κ3) is 4.40. The number of hydrogen-bond acceptors (Lipinski definition) is 5. The van der Waals surface area contributed by atoms with Crippen molar-refractivity contribution in [3.63, 3.8) is 0 Å². The Morgan fingerprint density at radius 3 is 2.53 bits per heavy atom. The van der Waals surface area contributed by atoms with Crippen molar-refractivity contribution < 1.29 is 27.5 Å². The summed E-state index contributed by atoms with van der Waals surface area (Å²) in [5.74, 6) is -0.893. The van der Waals surface area contributed by atoms with Gasteiger partial charge in [-0.05, 0) is 62.6 Å². The molecule has 1 fully saturated rings. The van der Waals surface area contributed by atoms with E-state index in [1.54, 1.807) is 23.1 Å².